The highest BCUT2D eigenvalue weighted by Gasteiger charge is 2.27. The van der Waals surface area contributed by atoms with Crippen molar-refractivity contribution in [2.75, 3.05) is 32.2 Å². The van der Waals surface area contributed by atoms with Crippen molar-refractivity contribution in [3.8, 4) is 17.6 Å². The van der Waals surface area contributed by atoms with Crippen LogP contribution in [-0.4, -0.2) is 38.2 Å². The van der Waals surface area contributed by atoms with Gasteiger partial charge in [0.05, 0.1) is 31.0 Å². The molecule has 33 heavy (non-hydrogen) atoms. The van der Waals surface area contributed by atoms with Crippen molar-refractivity contribution in [1.29, 1.82) is 5.26 Å². The Balaban J connectivity index is 1.51. The zero-order chi connectivity index (χ0) is 23.4. The molecule has 0 unspecified atom stereocenters. The molecule has 0 saturated carbocycles. The van der Waals surface area contributed by atoms with Gasteiger partial charge in [0.15, 0.2) is 11.5 Å². The van der Waals surface area contributed by atoms with Crippen LogP contribution >= 0.6 is 11.6 Å². The van der Waals surface area contributed by atoms with Crippen molar-refractivity contribution in [1.82, 2.24) is 10.3 Å². The lowest BCUT2D eigenvalue weighted by molar-refractivity contribution is -0.125. The van der Waals surface area contributed by atoms with Crippen LogP contribution in [0.1, 0.15) is 24.0 Å². The molecule has 1 N–H and O–H groups in total. The summed E-state index contributed by atoms with van der Waals surface area (Å²) in [7, 11) is 3.16. The highest BCUT2D eigenvalue weighted by molar-refractivity contribution is 6.31. The molecule has 0 spiro atoms. The molecule has 2 aromatic carbocycles. The smallest absolute Gasteiger partial charge is 0.223 e. The topological polar surface area (TPSA) is 87.5 Å². The predicted octanol–water partition coefficient (Wildman–Crippen LogP) is 4.31. The van der Waals surface area contributed by atoms with E-state index in [2.05, 4.69) is 21.3 Å². The number of piperidine rings is 1. The van der Waals surface area contributed by atoms with Gasteiger partial charge in [-0.25, -0.2) is 0 Å². The Hall–Kier alpha value is -3.50. The van der Waals surface area contributed by atoms with Crippen molar-refractivity contribution in [3.63, 3.8) is 0 Å². The fraction of sp³-hybridized carbons (Fsp3) is 0.320. The third-order valence-electron chi connectivity index (χ3n) is 6.06. The molecule has 1 aliphatic heterocycles. The molecule has 0 radical (unpaired) electrons. The minimum atomic E-state index is -0.0861. The number of anilines is 1. The van der Waals surface area contributed by atoms with E-state index in [1.165, 1.54) is 0 Å². The number of fused-ring (bicyclic) bond motifs is 1. The van der Waals surface area contributed by atoms with Crippen LogP contribution in [0.2, 0.25) is 5.02 Å². The summed E-state index contributed by atoms with van der Waals surface area (Å²) in [5, 5.41) is 14.2. The van der Waals surface area contributed by atoms with Crippen LogP contribution in [0.5, 0.6) is 11.5 Å². The van der Waals surface area contributed by atoms with Crippen molar-refractivity contribution in [2.45, 2.75) is 19.4 Å². The van der Waals surface area contributed by atoms with Crippen molar-refractivity contribution < 1.29 is 14.3 Å². The number of methoxy groups -OCH3 is 2. The monoisotopic (exact) mass is 464 g/mol. The summed E-state index contributed by atoms with van der Waals surface area (Å²) in [5.74, 6) is 1.11. The Labute approximate surface area is 197 Å². The van der Waals surface area contributed by atoms with Gasteiger partial charge in [0.25, 0.3) is 0 Å². The summed E-state index contributed by atoms with van der Waals surface area (Å²) in [6.45, 7) is 1.73. The van der Waals surface area contributed by atoms with Crippen LogP contribution in [-0.2, 0) is 11.3 Å². The lowest BCUT2D eigenvalue weighted by Gasteiger charge is -2.34. The molecule has 1 aliphatic rings. The first-order valence-corrected chi connectivity index (χ1v) is 11.1. The van der Waals surface area contributed by atoms with Gasteiger partial charge in [-0.1, -0.05) is 29.8 Å². The first-order chi connectivity index (χ1) is 16.0. The summed E-state index contributed by atoms with van der Waals surface area (Å²) >= 11 is 6.19. The first-order valence-electron chi connectivity index (χ1n) is 10.8. The second kappa shape index (κ2) is 9.97. The first kappa shape index (κ1) is 22.7. The summed E-state index contributed by atoms with van der Waals surface area (Å²) < 4.78 is 10.9. The molecule has 0 aliphatic carbocycles. The second-order valence-corrected chi connectivity index (χ2v) is 8.33. The number of hydrogen-bond donors (Lipinski definition) is 1. The molecule has 0 bridgehead atoms. The van der Waals surface area contributed by atoms with Crippen LogP contribution in [0.3, 0.4) is 0 Å². The van der Waals surface area contributed by atoms with Crippen LogP contribution in [0.15, 0.2) is 42.6 Å². The molecule has 4 rings (SSSR count). The van der Waals surface area contributed by atoms with Gasteiger partial charge in [0.2, 0.25) is 5.91 Å². The zero-order valence-electron chi connectivity index (χ0n) is 18.6. The van der Waals surface area contributed by atoms with Crippen LogP contribution in [0.4, 0.5) is 5.69 Å². The van der Waals surface area contributed by atoms with Gasteiger partial charge < -0.3 is 19.7 Å². The predicted molar refractivity (Wildman–Crippen MR) is 128 cm³/mol. The number of aromatic nitrogens is 1. The highest BCUT2D eigenvalue weighted by Crippen LogP contribution is 2.38. The number of nitriles is 1. The lowest BCUT2D eigenvalue weighted by Crippen LogP contribution is -2.40. The number of carbonyl (C=O) groups is 1. The van der Waals surface area contributed by atoms with E-state index in [4.69, 9.17) is 21.1 Å². The molecule has 0 atom stereocenters. The Morgan fingerprint density at radius 2 is 1.91 bits per heavy atom. The molecule has 1 fully saturated rings. The number of nitrogens with one attached hydrogen (secondary N) is 1. The average molecular weight is 465 g/mol. The number of nitrogens with zero attached hydrogens (tertiary/aromatic N) is 3. The average Bonchev–Trinajstić information content (AvgIpc) is 2.86. The number of hydrogen-bond acceptors (Lipinski definition) is 6. The van der Waals surface area contributed by atoms with Gasteiger partial charge in [0, 0.05) is 48.2 Å². The van der Waals surface area contributed by atoms with Gasteiger partial charge in [-0.3, -0.25) is 9.78 Å². The Bertz CT molecular complexity index is 1220. The van der Waals surface area contributed by atoms with Gasteiger partial charge in [0.1, 0.15) is 6.07 Å². The van der Waals surface area contributed by atoms with E-state index in [1.54, 1.807) is 20.4 Å². The number of amides is 1. The van der Waals surface area contributed by atoms with Gasteiger partial charge >= 0.3 is 0 Å². The molecular formula is C25H25ClN4O3. The van der Waals surface area contributed by atoms with E-state index < -0.39 is 0 Å². The van der Waals surface area contributed by atoms with Crippen LogP contribution < -0.4 is 19.7 Å². The molecular weight excluding hydrogens is 440 g/mol. The summed E-state index contributed by atoms with van der Waals surface area (Å²) in [4.78, 5) is 19.3. The number of pyridine rings is 1. The number of rotatable bonds is 6. The number of carbonyl (C=O) groups excluding carboxylic acids is 1. The standard InChI is InChI=1S/C25H25ClN4O3/c1-32-22-11-19-21(12-23(22)33-2)28-15-18(13-27)24(19)30-9-7-16(8-10-30)25(31)29-14-17-5-3-4-6-20(17)26/h3-6,11-12,15-16H,7-10,14H2,1-2H3,(H,29,31). The van der Waals surface area contributed by atoms with E-state index >= 15 is 0 Å². The SMILES string of the molecule is COc1cc2ncc(C#N)c(N3CCC(C(=O)NCc4ccccc4Cl)CC3)c2cc1OC. The van der Waals surface area contributed by atoms with Gasteiger partial charge in [-0.2, -0.15) is 5.26 Å². The van der Waals surface area contributed by atoms with Crippen LogP contribution in [0, 0.1) is 17.2 Å². The lowest BCUT2D eigenvalue weighted by atomic mass is 9.94. The number of halogens is 1. The quantitative estimate of drug-likeness (QED) is 0.585. The maximum Gasteiger partial charge on any atom is 0.223 e. The van der Waals surface area contributed by atoms with Gasteiger partial charge in [-0.15, -0.1) is 0 Å². The highest BCUT2D eigenvalue weighted by atomic mass is 35.5. The molecule has 2 heterocycles. The largest absolute Gasteiger partial charge is 0.493 e. The number of benzene rings is 2. The minimum Gasteiger partial charge on any atom is -0.493 e. The van der Waals surface area contributed by atoms with E-state index in [9.17, 15) is 10.1 Å². The third kappa shape index (κ3) is 4.67. The Morgan fingerprint density at radius 3 is 2.58 bits per heavy atom. The third-order valence-corrected chi connectivity index (χ3v) is 6.43. The van der Waals surface area contributed by atoms with E-state index in [1.807, 2.05) is 36.4 Å². The van der Waals surface area contributed by atoms with E-state index in [-0.39, 0.29) is 11.8 Å². The minimum absolute atomic E-state index is 0.0288. The molecule has 170 valence electrons. The summed E-state index contributed by atoms with van der Waals surface area (Å²) in [6, 6.07) is 13.4. The molecule has 8 heteroatoms. The summed E-state index contributed by atoms with van der Waals surface area (Å²) in [5.41, 5.74) is 2.94. The molecule has 1 saturated heterocycles. The zero-order valence-corrected chi connectivity index (χ0v) is 19.4. The van der Waals surface area contributed by atoms with Crippen LogP contribution in [0.25, 0.3) is 10.9 Å². The van der Waals surface area contributed by atoms with Crippen molar-refractivity contribution in [2.24, 2.45) is 5.92 Å². The Kier molecular flexibility index (Phi) is 6.85. The molecule has 3 aromatic rings. The van der Waals surface area contributed by atoms with Gasteiger partial charge in [-0.05, 0) is 30.5 Å². The van der Waals surface area contributed by atoms with E-state index in [0.717, 1.165) is 22.2 Å². The molecule has 1 amide bonds. The normalized spacial score (nSPS) is 14.1. The number of ether oxygens (including phenoxy) is 2. The van der Waals surface area contributed by atoms with Crippen molar-refractivity contribution >= 4 is 34.1 Å². The fourth-order valence-corrected chi connectivity index (χ4v) is 4.46. The Morgan fingerprint density at radius 1 is 1.21 bits per heavy atom. The fourth-order valence-electron chi connectivity index (χ4n) is 4.26. The summed E-state index contributed by atoms with van der Waals surface area (Å²) in [6.07, 6.45) is 2.97. The van der Waals surface area contributed by atoms with E-state index in [0.29, 0.717) is 54.6 Å². The maximum atomic E-state index is 12.7. The maximum absolute atomic E-state index is 12.7. The second-order valence-electron chi connectivity index (χ2n) is 7.93. The molecule has 1 aromatic heterocycles. The van der Waals surface area contributed by atoms with Crippen molar-refractivity contribution in [3.05, 3.63) is 58.7 Å². The molecule has 7 nitrogen and oxygen atoms in total.